The zero-order chi connectivity index (χ0) is 15.1. The molecule has 0 aliphatic heterocycles. The molecule has 1 rings (SSSR count). The van der Waals surface area contributed by atoms with Crippen LogP contribution in [-0.4, -0.2) is 22.4 Å². The van der Waals surface area contributed by atoms with E-state index in [1.54, 1.807) is 0 Å². The van der Waals surface area contributed by atoms with Crippen molar-refractivity contribution in [2.45, 2.75) is 72.9 Å². The minimum atomic E-state index is 0.531. The maximum atomic E-state index is 4.71. The van der Waals surface area contributed by atoms with Gasteiger partial charge < -0.3 is 5.32 Å². The van der Waals surface area contributed by atoms with Gasteiger partial charge in [0.15, 0.2) is 0 Å². The minimum Gasteiger partial charge on any atom is -0.314 e. The van der Waals surface area contributed by atoms with Crippen molar-refractivity contribution >= 4 is 15.9 Å². The number of halogens is 1. The molecular formula is C16H30BrN3. The Morgan fingerprint density at radius 1 is 1.25 bits per heavy atom. The number of rotatable bonds is 9. The van der Waals surface area contributed by atoms with Gasteiger partial charge in [-0.15, -0.1) is 0 Å². The lowest BCUT2D eigenvalue weighted by atomic mass is 9.93. The van der Waals surface area contributed by atoms with Crippen LogP contribution in [-0.2, 0) is 19.4 Å². The van der Waals surface area contributed by atoms with Crippen molar-refractivity contribution in [1.82, 2.24) is 15.1 Å². The molecule has 1 aromatic rings. The van der Waals surface area contributed by atoms with Crippen LogP contribution in [0.3, 0.4) is 0 Å². The van der Waals surface area contributed by atoms with Crippen LogP contribution >= 0.6 is 15.9 Å². The van der Waals surface area contributed by atoms with Gasteiger partial charge in [0.1, 0.15) is 0 Å². The summed E-state index contributed by atoms with van der Waals surface area (Å²) in [6.07, 6.45) is 4.56. The Balaban J connectivity index is 2.94. The first kappa shape index (κ1) is 17.7. The van der Waals surface area contributed by atoms with E-state index in [1.807, 2.05) is 0 Å². The van der Waals surface area contributed by atoms with E-state index in [0.717, 1.165) is 25.9 Å². The fraction of sp³-hybridized carbons (Fsp3) is 0.812. The van der Waals surface area contributed by atoms with Crippen molar-refractivity contribution in [3.8, 4) is 0 Å². The van der Waals surface area contributed by atoms with Gasteiger partial charge in [0.25, 0.3) is 0 Å². The fourth-order valence-electron chi connectivity index (χ4n) is 2.81. The normalized spacial score (nSPS) is 14.5. The van der Waals surface area contributed by atoms with E-state index in [4.69, 9.17) is 5.10 Å². The van der Waals surface area contributed by atoms with Crippen LogP contribution in [0.4, 0.5) is 0 Å². The van der Waals surface area contributed by atoms with E-state index in [0.29, 0.717) is 12.0 Å². The molecule has 0 amide bonds. The van der Waals surface area contributed by atoms with E-state index in [2.05, 4.69) is 60.5 Å². The third-order valence-electron chi connectivity index (χ3n) is 4.00. The molecule has 0 fully saturated rings. The first-order chi connectivity index (χ1) is 9.58. The minimum absolute atomic E-state index is 0.531. The summed E-state index contributed by atoms with van der Waals surface area (Å²) in [5.74, 6) is 0.692. The molecule has 0 spiro atoms. The molecule has 20 heavy (non-hydrogen) atoms. The number of nitrogens with one attached hydrogen (secondary N) is 1. The second kappa shape index (κ2) is 8.83. The summed E-state index contributed by atoms with van der Waals surface area (Å²) in [5, 5.41) is 8.37. The van der Waals surface area contributed by atoms with Crippen molar-refractivity contribution in [1.29, 1.82) is 0 Å². The number of likely N-dealkylation sites (N-methyl/N-ethyl adjacent to an activating group) is 1. The summed E-state index contributed by atoms with van der Waals surface area (Å²) >= 11 is 3.76. The molecule has 2 atom stereocenters. The lowest BCUT2D eigenvalue weighted by molar-refractivity contribution is 0.350. The molecule has 0 aliphatic carbocycles. The molecule has 0 aromatic carbocycles. The number of nitrogens with zero attached hydrogens (tertiary/aromatic N) is 2. The van der Waals surface area contributed by atoms with E-state index in [1.165, 1.54) is 28.7 Å². The lowest BCUT2D eigenvalue weighted by Crippen LogP contribution is -2.37. The van der Waals surface area contributed by atoms with Gasteiger partial charge in [0.2, 0.25) is 0 Å². The Morgan fingerprint density at radius 3 is 2.45 bits per heavy atom. The fourth-order valence-corrected chi connectivity index (χ4v) is 3.54. The number of hydrogen-bond donors (Lipinski definition) is 1. The van der Waals surface area contributed by atoms with Crippen LogP contribution in [0.25, 0.3) is 0 Å². The number of hydrogen-bond acceptors (Lipinski definition) is 2. The third-order valence-corrected chi connectivity index (χ3v) is 4.92. The highest BCUT2D eigenvalue weighted by Gasteiger charge is 2.21. The van der Waals surface area contributed by atoms with Crippen molar-refractivity contribution < 1.29 is 0 Å². The first-order valence-corrected chi connectivity index (χ1v) is 8.85. The topological polar surface area (TPSA) is 29.9 Å². The van der Waals surface area contributed by atoms with Crippen LogP contribution in [0.1, 0.15) is 58.8 Å². The largest absolute Gasteiger partial charge is 0.314 e. The van der Waals surface area contributed by atoms with Gasteiger partial charge in [-0.05, 0) is 48.2 Å². The SMILES string of the molecule is CCCC(C)C(Cc1c(Br)c(CC)nn1CC)NCC. The molecule has 1 N–H and O–H groups in total. The summed E-state index contributed by atoms with van der Waals surface area (Å²) in [4.78, 5) is 0. The van der Waals surface area contributed by atoms with Gasteiger partial charge in [-0.3, -0.25) is 4.68 Å². The Bertz CT molecular complexity index is 401. The maximum absolute atomic E-state index is 4.71. The van der Waals surface area contributed by atoms with Crippen LogP contribution < -0.4 is 5.32 Å². The van der Waals surface area contributed by atoms with E-state index in [9.17, 15) is 0 Å². The molecule has 0 aliphatic rings. The van der Waals surface area contributed by atoms with Crippen LogP contribution in [0, 0.1) is 5.92 Å². The Labute approximate surface area is 132 Å². The molecule has 0 bridgehead atoms. The van der Waals surface area contributed by atoms with E-state index in [-0.39, 0.29) is 0 Å². The number of aryl methyl sites for hydroxylation is 2. The van der Waals surface area contributed by atoms with Gasteiger partial charge in [-0.2, -0.15) is 5.10 Å². The quantitative estimate of drug-likeness (QED) is 0.728. The predicted molar refractivity (Wildman–Crippen MR) is 90.2 cm³/mol. The van der Waals surface area contributed by atoms with E-state index < -0.39 is 0 Å². The van der Waals surface area contributed by atoms with Gasteiger partial charge in [-0.1, -0.05) is 34.1 Å². The van der Waals surface area contributed by atoms with Crippen molar-refractivity contribution in [3.63, 3.8) is 0 Å². The van der Waals surface area contributed by atoms with Crippen LogP contribution in [0.15, 0.2) is 4.47 Å². The molecular weight excluding hydrogens is 314 g/mol. The highest BCUT2D eigenvalue weighted by molar-refractivity contribution is 9.10. The standard InChI is InChI=1S/C16H30BrN3/c1-6-10-12(5)14(18-8-3)11-15-16(17)13(7-2)19-20(15)9-4/h12,14,18H,6-11H2,1-5H3. The second-order valence-electron chi connectivity index (χ2n) is 5.51. The second-order valence-corrected chi connectivity index (χ2v) is 6.30. The zero-order valence-electron chi connectivity index (χ0n) is 13.7. The predicted octanol–water partition coefficient (Wildman–Crippen LogP) is 4.18. The molecule has 116 valence electrons. The maximum Gasteiger partial charge on any atom is 0.0766 e. The van der Waals surface area contributed by atoms with Crippen molar-refractivity contribution in [2.24, 2.45) is 5.92 Å². The molecule has 0 saturated carbocycles. The third kappa shape index (κ3) is 4.32. The molecule has 2 unspecified atom stereocenters. The van der Waals surface area contributed by atoms with Crippen LogP contribution in [0.5, 0.6) is 0 Å². The van der Waals surface area contributed by atoms with Gasteiger partial charge in [0, 0.05) is 19.0 Å². The monoisotopic (exact) mass is 343 g/mol. The van der Waals surface area contributed by atoms with Gasteiger partial charge >= 0.3 is 0 Å². The average Bonchev–Trinajstić information content (AvgIpc) is 2.74. The first-order valence-electron chi connectivity index (χ1n) is 8.06. The van der Waals surface area contributed by atoms with Gasteiger partial charge in [0.05, 0.1) is 15.9 Å². The van der Waals surface area contributed by atoms with Gasteiger partial charge in [-0.25, -0.2) is 0 Å². The highest BCUT2D eigenvalue weighted by atomic mass is 79.9. The smallest absolute Gasteiger partial charge is 0.0766 e. The zero-order valence-corrected chi connectivity index (χ0v) is 15.3. The molecule has 0 radical (unpaired) electrons. The summed E-state index contributed by atoms with van der Waals surface area (Å²) in [7, 11) is 0. The van der Waals surface area contributed by atoms with E-state index >= 15 is 0 Å². The Kier molecular flexibility index (Phi) is 7.82. The highest BCUT2D eigenvalue weighted by Crippen LogP contribution is 2.25. The van der Waals surface area contributed by atoms with Crippen molar-refractivity contribution in [2.75, 3.05) is 6.54 Å². The Hall–Kier alpha value is -0.350. The number of aromatic nitrogens is 2. The average molecular weight is 344 g/mol. The van der Waals surface area contributed by atoms with Crippen LogP contribution in [0.2, 0.25) is 0 Å². The molecule has 1 aromatic heterocycles. The Morgan fingerprint density at radius 2 is 1.95 bits per heavy atom. The lowest BCUT2D eigenvalue weighted by Gasteiger charge is -2.25. The molecule has 3 nitrogen and oxygen atoms in total. The van der Waals surface area contributed by atoms with Crippen molar-refractivity contribution in [3.05, 3.63) is 15.9 Å². The molecule has 4 heteroatoms. The summed E-state index contributed by atoms with van der Waals surface area (Å²) in [6.45, 7) is 13.1. The summed E-state index contributed by atoms with van der Waals surface area (Å²) in [5.41, 5.74) is 2.53. The summed E-state index contributed by atoms with van der Waals surface area (Å²) < 4.78 is 3.37. The molecule has 1 heterocycles. The molecule has 0 saturated heterocycles. The summed E-state index contributed by atoms with van der Waals surface area (Å²) in [6, 6.07) is 0.531.